The van der Waals surface area contributed by atoms with Gasteiger partial charge in [0.05, 0.1) is 11.2 Å². The number of aryl methyl sites for hydroxylation is 1. The van der Waals surface area contributed by atoms with Crippen LogP contribution in [0.3, 0.4) is 0 Å². The molecule has 86 valence electrons. The maximum atomic E-state index is 11.7. The fourth-order valence-corrected chi connectivity index (χ4v) is 1.80. The molecule has 1 heterocycles. The molecule has 1 N–H and O–H groups in total. The number of aromatic nitrogens is 1. The standard InChI is InChI=1S/C9H15N3OS.ClH/c1-7-11-6-8(14-7)9(13)12(3)5-4-10-2;/h6,10H,4-5H2,1-3H3;1H. The Morgan fingerprint density at radius 1 is 1.67 bits per heavy atom. The van der Waals surface area contributed by atoms with Gasteiger partial charge in [-0.05, 0) is 14.0 Å². The first-order chi connectivity index (χ1) is 6.65. The Kier molecular flexibility index (Phi) is 6.47. The number of carbonyl (C=O) groups excluding carboxylic acids is 1. The van der Waals surface area contributed by atoms with E-state index in [4.69, 9.17) is 0 Å². The molecule has 4 nitrogen and oxygen atoms in total. The van der Waals surface area contributed by atoms with Crippen LogP contribution in [0.1, 0.15) is 14.7 Å². The smallest absolute Gasteiger partial charge is 0.265 e. The van der Waals surface area contributed by atoms with Crippen molar-refractivity contribution in [3.8, 4) is 0 Å². The number of hydrogen-bond acceptors (Lipinski definition) is 4. The second kappa shape index (κ2) is 6.76. The van der Waals surface area contributed by atoms with Gasteiger partial charge in [-0.3, -0.25) is 4.79 Å². The maximum absolute atomic E-state index is 11.7. The zero-order chi connectivity index (χ0) is 10.6. The molecule has 0 unspecified atom stereocenters. The van der Waals surface area contributed by atoms with Crippen molar-refractivity contribution < 1.29 is 4.79 Å². The van der Waals surface area contributed by atoms with E-state index < -0.39 is 0 Å². The molecule has 0 radical (unpaired) electrons. The minimum Gasteiger partial charge on any atom is -0.340 e. The van der Waals surface area contributed by atoms with Gasteiger partial charge in [-0.1, -0.05) is 0 Å². The van der Waals surface area contributed by atoms with E-state index in [1.54, 1.807) is 18.1 Å². The quantitative estimate of drug-likeness (QED) is 0.871. The molecule has 0 aliphatic heterocycles. The van der Waals surface area contributed by atoms with Gasteiger partial charge in [-0.2, -0.15) is 0 Å². The topological polar surface area (TPSA) is 45.2 Å². The summed E-state index contributed by atoms with van der Waals surface area (Å²) in [5.41, 5.74) is 0. The third kappa shape index (κ3) is 4.15. The van der Waals surface area contributed by atoms with Crippen molar-refractivity contribution in [2.75, 3.05) is 27.2 Å². The molecule has 0 saturated heterocycles. The van der Waals surface area contributed by atoms with Crippen LogP contribution in [0.25, 0.3) is 0 Å². The monoisotopic (exact) mass is 249 g/mol. The summed E-state index contributed by atoms with van der Waals surface area (Å²) in [6.45, 7) is 3.42. The summed E-state index contributed by atoms with van der Waals surface area (Å²) in [7, 11) is 3.67. The van der Waals surface area contributed by atoms with Gasteiger partial charge in [-0.15, -0.1) is 23.7 Å². The molecule has 6 heteroatoms. The Balaban J connectivity index is 0.00000196. The van der Waals surface area contributed by atoms with Crippen LogP contribution in [0.2, 0.25) is 0 Å². The normalized spacial score (nSPS) is 9.53. The first kappa shape index (κ1) is 14.3. The second-order valence-electron chi connectivity index (χ2n) is 3.07. The van der Waals surface area contributed by atoms with Crippen LogP contribution >= 0.6 is 23.7 Å². The number of hydrogen-bond donors (Lipinski definition) is 1. The number of nitrogens with one attached hydrogen (secondary N) is 1. The van der Waals surface area contributed by atoms with Gasteiger partial charge in [-0.25, -0.2) is 4.98 Å². The predicted octanol–water partition coefficient (Wildman–Crippen LogP) is 1.16. The van der Waals surface area contributed by atoms with Crippen LogP contribution in [0.4, 0.5) is 0 Å². The Labute approximate surface area is 100 Å². The first-order valence-corrected chi connectivity index (χ1v) is 5.29. The van der Waals surface area contributed by atoms with E-state index in [0.29, 0.717) is 11.4 Å². The lowest BCUT2D eigenvalue weighted by Crippen LogP contribution is -2.32. The van der Waals surface area contributed by atoms with E-state index >= 15 is 0 Å². The fourth-order valence-electron chi connectivity index (χ4n) is 1.03. The first-order valence-electron chi connectivity index (χ1n) is 4.47. The molecule has 0 bridgehead atoms. The van der Waals surface area contributed by atoms with Gasteiger partial charge < -0.3 is 10.2 Å². The minimum atomic E-state index is 0. The summed E-state index contributed by atoms with van der Waals surface area (Å²) >= 11 is 1.43. The van der Waals surface area contributed by atoms with Crippen molar-refractivity contribution in [2.45, 2.75) is 6.92 Å². The Morgan fingerprint density at radius 2 is 2.33 bits per heavy atom. The number of amides is 1. The molecule has 0 aliphatic carbocycles. The van der Waals surface area contributed by atoms with Crippen molar-refractivity contribution in [3.63, 3.8) is 0 Å². The second-order valence-corrected chi connectivity index (χ2v) is 4.31. The highest BCUT2D eigenvalue weighted by Crippen LogP contribution is 2.13. The molecule has 0 atom stereocenters. The van der Waals surface area contributed by atoms with Crippen LogP contribution in [-0.2, 0) is 0 Å². The number of halogens is 1. The summed E-state index contributed by atoms with van der Waals surface area (Å²) < 4.78 is 0. The van der Waals surface area contributed by atoms with Gasteiger partial charge in [0.15, 0.2) is 0 Å². The highest BCUT2D eigenvalue weighted by molar-refractivity contribution is 7.13. The molecule has 0 fully saturated rings. The van der Waals surface area contributed by atoms with Crippen LogP contribution in [-0.4, -0.2) is 43.0 Å². The van der Waals surface area contributed by atoms with Crippen molar-refractivity contribution in [2.24, 2.45) is 0 Å². The van der Waals surface area contributed by atoms with Gasteiger partial charge in [0, 0.05) is 20.1 Å². The summed E-state index contributed by atoms with van der Waals surface area (Å²) in [5, 5.41) is 3.93. The molecule has 0 spiro atoms. The predicted molar refractivity (Wildman–Crippen MR) is 65.0 cm³/mol. The van der Waals surface area contributed by atoms with E-state index in [0.717, 1.165) is 11.6 Å². The molecule has 1 aromatic rings. The van der Waals surface area contributed by atoms with Crippen molar-refractivity contribution in [1.29, 1.82) is 0 Å². The molecule has 15 heavy (non-hydrogen) atoms. The van der Waals surface area contributed by atoms with Gasteiger partial charge in [0.2, 0.25) is 0 Å². The zero-order valence-corrected chi connectivity index (χ0v) is 10.7. The Hall–Kier alpha value is -0.650. The van der Waals surface area contributed by atoms with Gasteiger partial charge in [0.1, 0.15) is 4.88 Å². The molecule has 0 aromatic carbocycles. The summed E-state index contributed by atoms with van der Waals surface area (Å²) in [4.78, 5) is 18.2. The van der Waals surface area contributed by atoms with Crippen LogP contribution < -0.4 is 5.32 Å². The highest BCUT2D eigenvalue weighted by Gasteiger charge is 2.13. The lowest BCUT2D eigenvalue weighted by atomic mass is 10.4. The molecule has 1 aromatic heterocycles. The van der Waals surface area contributed by atoms with Crippen molar-refractivity contribution >= 4 is 29.7 Å². The number of likely N-dealkylation sites (N-methyl/N-ethyl adjacent to an activating group) is 2. The summed E-state index contributed by atoms with van der Waals surface area (Å²) in [5.74, 6) is 0.0471. The lowest BCUT2D eigenvalue weighted by molar-refractivity contribution is 0.0801. The zero-order valence-electron chi connectivity index (χ0n) is 9.11. The fraction of sp³-hybridized carbons (Fsp3) is 0.556. The van der Waals surface area contributed by atoms with E-state index in [9.17, 15) is 4.79 Å². The molecular formula is C9H16ClN3OS. The third-order valence-corrected chi connectivity index (χ3v) is 2.78. The average molecular weight is 250 g/mol. The average Bonchev–Trinajstić information content (AvgIpc) is 2.60. The van der Waals surface area contributed by atoms with E-state index in [1.165, 1.54) is 11.3 Å². The molecule has 0 aliphatic rings. The number of rotatable bonds is 4. The SMILES string of the molecule is CNCCN(C)C(=O)c1cnc(C)s1.Cl. The summed E-state index contributed by atoms with van der Waals surface area (Å²) in [6, 6.07) is 0. The van der Waals surface area contributed by atoms with Crippen LogP contribution in [0.5, 0.6) is 0 Å². The molecule has 1 amide bonds. The summed E-state index contributed by atoms with van der Waals surface area (Å²) in [6.07, 6.45) is 1.64. The third-order valence-electron chi connectivity index (χ3n) is 1.88. The Bertz CT molecular complexity index is 316. The van der Waals surface area contributed by atoms with Crippen LogP contribution in [0, 0.1) is 6.92 Å². The maximum Gasteiger partial charge on any atom is 0.265 e. The van der Waals surface area contributed by atoms with Crippen LogP contribution in [0.15, 0.2) is 6.20 Å². The Morgan fingerprint density at radius 3 is 2.80 bits per heavy atom. The lowest BCUT2D eigenvalue weighted by Gasteiger charge is -2.15. The minimum absolute atomic E-state index is 0. The number of nitrogens with zero attached hydrogens (tertiary/aromatic N) is 2. The van der Waals surface area contributed by atoms with Crippen molar-refractivity contribution in [1.82, 2.24) is 15.2 Å². The van der Waals surface area contributed by atoms with E-state index in [-0.39, 0.29) is 18.3 Å². The van der Waals surface area contributed by atoms with Gasteiger partial charge >= 0.3 is 0 Å². The van der Waals surface area contributed by atoms with Crippen molar-refractivity contribution in [3.05, 3.63) is 16.1 Å². The molecular weight excluding hydrogens is 234 g/mol. The van der Waals surface area contributed by atoms with E-state index in [1.807, 2.05) is 14.0 Å². The number of carbonyl (C=O) groups is 1. The van der Waals surface area contributed by atoms with Gasteiger partial charge in [0.25, 0.3) is 5.91 Å². The highest BCUT2D eigenvalue weighted by atomic mass is 35.5. The van der Waals surface area contributed by atoms with E-state index in [2.05, 4.69) is 10.3 Å². The number of thiazole rings is 1. The molecule has 0 saturated carbocycles. The largest absolute Gasteiger partial charge is 0.340 e. The molecule has 1 rings (SSSR count).